The quantitative estimate of drug-likeness (QED) is 0.376. The van der Waals surface area contributed by atoms with Crippen LogP contribution < -0.4 is 14.4 Å². The number of hydrogen-bond acceptors (Lipinski definition) is 6. The Hall–Kier alpha value is -3.58. The number of ether oxygens (including phenoxy) is 2. The van der Waals surface area contributed by atoms with Gasteiger partial charge in [0.2, 0.25) is 0 Å². The third-order valence-corrected chi connectivity index (χ3v) is 5.89. The molecule has 2 heterocycles. The summed E-state index contributed by atoms with van der Waals surface area (Å²) >= 11 is 1.40. The van der Waals surface area contributed by atoms with Gasteiger partial charge in [0.1, 0.15) is 23.3 Å². The molecule has 6 nitrogen and oxygen atoms in total. The van der Waals surface area contributed by atoms with Gasteiger partial charge in [0.05, 0.1) is 31.0 Å². The van der Waals surface area contributed by atoms with Crippen LogP contribution in [0.5, 0.6) is 11.5 Å². The summed E-state index contributed by atoms with van der Waals surface area (Å²) in [6.45, 7) is 0. The number of Topliss-reactive ketones (excluding diaryl/α,β-unsaturated/α-hetero) is 1. The van der Waals surface area contributed by atoms with Gasteiger partial charge in [-0.1, -0.05) is 30.3 Å². The first-order valence-corrected chi connectivity index (χ1v) is 10.1. The van der Waals surface area contributed by atoms with Crippen molar-refractivity contribution < 1.29 is 24.2 Å². The summed E-state index contributed by atoms with van der Waals surface area (Å²) in [6, 6.07) is 16.7. The first-order valence-electron chi connectivity index (χ1n) is 9.19. The molecule has 7 heteroatoms. The molecule has 1 unspecified atom stereocenters. The zero-order valence-corrected chi connectivity index (χ0v) is 17.2. The number of methoxy groups -OCH3 is 2. The molecule has 30 heavy (non-hydrogen) atoms. The molecule has 1 atom stereocenters. The average molecular weight is 421 g/mol. The van der Waals surface area contributed by atoms with Crippen molar-refractivity contribution in [1.82, 2.24) is 0 Å². The number of hydrogen-bond donors (Lipinski definition) is 1. The maximum atomic E-state index is 13.1. The van der Waals surface area contributed by atoms with E-state index in [2.05, 4.69) is 0 Å². The van der Waals surface area contributed by atoms with E-state index in [-0.39, 0.29) is 11.3 Å². The molecule has 1 N–H and O–H groups in total. The van der Waals surface area contributed by atoms with E-state index in [0.717, 1.165) is 4.88 Å². The number of anilines is 1. The smallest absolute Gasteiger partial charge is 0.300 e. The third kappa shape index (κ3) is 3.13. The van der Waals surface area contributed by atoms with Gasteiger partial charge in [0, 0.05) is 4.88 Å². The summed E-state index contributed by atoms with van der Waals surface area (Å²) in [7, 11) is 2.99. The molecule has 1 aromatic heterocycles. The number of carbonyl (C=O) groups excluding carboxylic acids is 2. The predicted octanol–water partition coefficient (Wildman–Crippen LogP) is 4.39. The van der Waals surface area contributed by atoms with E-state index >= 15 is 0 Å². The molecule has 0 spiro atoms. The van der Waals surface area contributed by atoms with Crippen LogP contribution in [0.25, 0.3) is 5.76 Å². The fraction of sp³-hybridized carbons (Fsp3) is 0.130. The Balaban J connectivity index is 1.97. The number of benzene rings is 2. The van der Waals surface area contributed by atoms with Crippen molar-refractivity contribution in [3.05, 3.63) is 82.1 Å². The van der Waals surface area contributed by atoms with E-state index in [0.29, 0.717) is 22.7 Å². The minimum absolute atomic E-state index is 0.0119. The highest BCUT2D eigenvalue weighted by Gasteiger charge is 2.48. The van der Waals surface area contributed by atoms with Gasteiger partial charge in [-0.3, -0.25) is 14.5 Å². The van der Waals surface area contributed by atoms with Gasteiger partial charge in [-0.2, -0.15) is 0 Å². The standard InChI is InChI=1S/C23H19NO5S/c1-28-16-10-5-3-8-14(16)21(25)19-20(18-12-7-13-30-18)24(23(27)22(19)26)15-9-4-6-11-17(15)29-2/h3-13,20,25H,1-2H3/b21-19-. The molecule has 1 amide bonds. The van der Waals surface area contributed by atoms with Crippen LogP contribution in [0.3, 0.4) is 0 Å². The molecule has 152 valence electrons. The molecule has 1 saturated heterocycles. The Bertz CT molecular complexity index is 1140. The molecular weight excluding hydrogens is 402 g/mol. The first-order chi connectivity index (χ1) is 14.6. The van der Waals surface area contributed by atoms with Crippen LogP contribution in [0.1, 0.15) is 16.5 Å². The monoisotopic (exact) mass is 421 g/mol. The van der Waals surface area contributed by atoms with Crippen LogP contribution in [0.15, 0.2) is 71.6 Å². The zero-order valence-electron chi connectivity index (χ0n) is 16.4. The largest absolute Gasteiger partial charge is 0.507 e. The summed E-state index contributed by atoms with van der Waals surface area (Å²) in [4.78, 5) is 28.4. The van der Waals surface area contributed by atoms with Crippen molar-refractivity contribution in [3.63, 3.8) is 0 Å². The van der Waals surface area contributed by atoms with Crippen LogP contribution in [0.4, 0.5) is 5.69 Å². The number of carbonyl (C=O) groups is 2. The van der Waals surface area contributed by atoms with Crippen LogP contribution in [-0.4, -0.2) is 31.0 Å². The summed E-state index contributed by atoms with van der Waals surface area (Å²) < 4.78 is 10.8. The van der Waals surface area contributed by atoms with Gasteiger partial charge < -0.3 is 14.6 Å². The molecule has 0 bridgehead atoms. The second kappa shape index (κ2) is 8.04. The zero-order chi connectivity index (χ0) is 21.3. The van der Waals surface area contributed by atoms with Gasteiger partial charge in [-0.05, 0) is 35.7 Å². The molecule has 4 rings (SSSR count). The van der Waals surface area contributed by atoms with Gasteiger partial charge in [-0.15, -0.1) is 11.3 Å². The highest BCUT2D eigenvalue weighted by molar-refractivity contribution is 7.10. The average Bonchev–Trinajstić information content (AvgIpc) is 3.40. The fourth-order valence-electron chi connectivity index (χ4n) is 3.61. The Morgan fingerprint density at radius 1 is 0.933 bits per heavy atom. The molecule has 1 aliphatic rings. The lowest BCUT2D eigenvalue weighted by molar-refractivity contribution is -0.132. The van der Waals surface area contributed by atoms with Crippen LogP contribution in [-0.2, 0) is 9.59 Å². The second-order valence-corrected chi connectivity index (χ2v) is 7.54. The minimum Gasteiger partial charge on any atom is -0.507 e. The molecule has 1 fully saturated rings. The Kier molecular flexibility index (Phi) is 5.29. The number of rotatable bonds is 5. The van der Waals surface area contributed by atoms with E-state index in [1.54, 1.807) is 48.5 Å². The number of amides is 1. The van der Waals surface area contributed by atoms with Crippen molar-refractivity contribution in [1.29, 1.82) is 0 Å². The van der Waals surface area contributed by atoms with E-state index in [9.17, 15) is 14.7 Å². The summed E-state index contributed by atoms with van der Waals surface area (Å²) in [5.41, 5.74) is 0.817. The maximum absolute atomic E-state index is 13.1. The summed E-state index contributed by atoms with van der Waals surface area (Å²) in [5.74, 6) is -0.902. The SMILES string of the molecule is COc1ccccc1/C(O)=C1/C(=O)C(=O)N(c2ccccc2OC)C1c1cccs1. The molecule has 1 aliphatic heterocycles. The molecule has 3 aromatic rings. The molecular formula is C23H19NO5S. The Labute approximate surface area is 177 Å². The number of ketones is 1. The maximum Gasteiger partial charge on any atom is 0.300 e. The number of aliphatic hydroxyl groups excluding tert-OH is 1. The first kappa shape index (κ1) is 19.7. The van der Waals surface area contributed by atoms with Gasteiger partial charge in [-0.25, -0.2) is 0 Å². The van der Waals surface area contributed by atoms with E-state index in [1.165, 1.54) is 30.5 Å². The highest BCUT2D eigenvalue weighted by atomic mass is 32.1. The lowest BCUT2D eigenvalue weighted by Crippen LogP contribution is -2.29. The lowest BCUT2D eigenvalue weighted by Gasteiger charge is -2.25. The Morgan fingerprint density at radius 2 is 1.60 bits per heavy atom. The lowest BCUT2D eigenvalue weighted by atomic mass is 9.99. The minimum atomic E-state index is -0.786. The second-order valence-electron chi connectivity index (χ2n) is 6.56. The third-order valence-electron chi connectivity index (χ3n) is 4.96. The number of para-hydroxylation sites is 3. The fourth-order valence-corrected chi connectivity index (χ4v) is 4.43. The van der Waals surface area contributed by atoms with Crippen molar-refractivity contribution in [2.75, 3.05) is 19.1 Å². The van der Waals surface area contributed by atoms with E-state index in [1.807, 2.05) is 17.5 Å². The van der Waals surface area contributed by atoms with E-state index < -0.39 is 17.7 Å². The van der Waals surface area contributed by atoms with Crippen molar-refractivity contribution >= 4 is 34.5 Å². The summed E-state index contributed by atoms with van der Waals surface area (Å²) in [5, 5.41) is 13.0. The Morgan fingerprint density at radius 3 is 2.27 bits per heavy atom. The molecule has 0 radical (unpaired) electrons. The summed E-state index contributed by atoms with van der Waals surface area (Å²) in [6.07, 6.45) is 0. The number of thiophene rings is 1. The van der Waals surface area contributed by atoms with Crippen LogP contribution in [0, 0.1) is 0 Å². The van der Waals surface area contributed by atoms with Crippen molar-refractivity contribution in [2.45, 2.75) is 6.04 Å². The van der Waals surface area contributed by atoms with Gasteiger partial charge in [0.15, 0.2) is 0 Å². The topological polar surface area (TPSA) is 76.1 Å². The van der Waals surface area contributed by atoms with Gasteiger partial charge in [0.25, 0.3) is 11.7 Å². The number of aliphatic hydroxyl groups is 1. The van der Waals surface area contributed by atoms with Crippen molar-refractivity contribution in [2.24, 2.45) is 0 Å². The normalized spacial score (nSPS) is 17.9. The molecule has 2 aromatic carbocycles. The predicted molar refractivity (Wildman–Crippen MR) is 115 cm³/mol. The molecule has 0 aliphatic carbocycles. The highest BCUT2D eigenvalue weighted by Crippen LogP contribution is 2.46. The molecule has 0 saturated carbocycles. The van der Waals surface area contributed by atoms with E-state index in [4.69, 9.17) is 9.47 Å². The van der Waals surface area contributed by atoms with Crippen molar-refractivity contribution in [3.8, 4) is 11.5 Å². The van der Waals surface area contributed by atoms with Crippen LogP contribution in [0.2, 0.25) is 0 Å². The number of nitrogens with zero attached hydrogens (tertiary/aromatic N) is 1. The van der Waals surface area contributed by atoms with Crippen LogP contribution >= 0.6 is 11.3 Å². The van der Waals surface area contributed by atoms with Gasteiger partial charge >= 0.3 is 0 Å².